The van der Waals surface area contributed by atoms with E-state index in [1.165, 1.54) is 5.69 Å². The lowest BCUT2D eigenvalue weighted by molar-refractivity contribution is -0.122. The fraction of sp³-hybridized carbons (Fsp3) is 0.500. The number of furan rings is 1. The quantitative estimate of drug-likeness (QED) is 0.917. The standard InChI is InChI=1S/C16H22N4O2/c1-12(2)19-10-13-5-6-18-20(13)14(11-19)8-16(21)17-9-15-4-3-7-22-15/h3-7,12,14H,8-11H2,1-2H3,(H,17,21). The Morgan fingerprint density at radius 3 is 3.09 bits per heavy atom. The van der Waals surface area contributed by atoms with Gasteiger partial charge >= 0.3 is 0 Å². The molecule has 118 valence electrons. The van der Waals surface area contributed by atoms with Crippen LogP contribution in [0.25, 0.3) is 0 Å². The lowest BCUT2D eigenvalue weighted by atomic mass is 10.1. The van der Waals surface area contributed by atoms with Gasteiger partial charge in [0.05, 0.1) is 31.0 Å². The number of aromatic nitrogens is 2. The molecule has 0 saturated carbocycles. The predicted molar refractivity (Wildman–Crippen MR) is 82.0 cm³/mol. The number of amides is 1. The first kappa shape index (κ1) is 14.8. The molecule has 0 bridgehead atoms. The number of nitrogens with zero attached hydrogens (tertiary/aromatic N) is 3. The summed E-state index contributed by atoms with van der Waals surface area (Å²) in [6.45, 7) is 6.53. The van der Waals surface area contributed by atoms with Crippen LogP contribution < -0.4 is 5.32 Å². The Hall–Kier alpha value is -2.08. The van der Waals surface area contributed by atoms with Crippen molar-refractivity contribution in [3.63, 3.8) is 0 Å². The fourth-order valence-corrected chi connectivity index (χ4v) is 2.85. The van der Waals surface area contributed by atoms with Gasteiger partial charge in [0.1, 0.15) is 5.76 Å². The van der Waals surface area contributed by atoms with E-state index in [9.17, 15) is 4.79 Å². The van der Waals surface area contributed by atoms with Crippen molar-refractivity contribution in [3.05, 3.63) is 42.1 Å². The number of nitrogens with one attached hydrogen (secondary N) is 1. The molecule has 1 unspecified atom stereocenters. The highest BCUT2D eigenvalue weighted by molar-refractivity contribution is 5.76. The lowest BCUT2D eigenvalue weighted by Gasteiger charge is -2.36. The molecular weight excluding hydrogens is 280 g/mol. The highest BCUT2D eigenvalue weighted by atomic mass is 16.3. The SMILES string of the molecule is CC(C)N1Cc2ccnn2C(CC(=O)NCc2ccco2)C1. The van der Waals surface area contributed by atoms with Crippen LogP contribution in [-0.4, -0.2) is 33.2 Å². The maximum Gasteiger partial charge on any atom is 0.222 e. The molecule has 1 N–H and O–H groups in total. The summed E-state index contributed by atoms with van der Waals surface area (Å²) in [5.41, 5.74) is 1.17. The van der Waals surface area contributed by atoms with Crippen LogP contribution in [0.15, 0.2) is 35.1 Å². The topological polar surface area (TPSA) is 63.3 Å². The number of hydrogen-bond acceptors (Lipinski definition) is 4. The maximum absolute atomic E-state index is 12.2. The summed E-state index contributed by atoms with van der Waals surface area (Å²) in [6, 6.07) is 6.24. The summed E-state index contributed by atoms with van der Waals surface area (Å²) < 4.78 is 7.22. The van der Waals surface area contributed by atoms with Crippen LogP contribution in [0, 0.1) is 0 Å². The number of carbonyl (C=O) groups is 1. The Kier molecular flexibility index (Phi) is 4.29. The van der Waals surface area contributed by atoms with E-state index >= 15 is 0 Å². The van der Waals surface area contributed by atoms with Crippen molar-refractivity contribution in [2.45, 2.75) is 45.4 Å². The monoisotopic (exact) mass is 302 g/mol. The first-order valence-electron chi connectivity index (χ1n) is 7.69. The summed E-state index contributed by atoms with van der Waals surface area (Å²) in [5, 5.41) is 7.29. The van der Waals surface area contributed by atoms with Gasteiger partial charge in [0, 0.05) is 25.3 Å². The Balaban J connectivity index is 1.62. The normalized spacial score (nSPS) is 18.4. The minimum Gasteiger partial charge on any atom is -0.467 e. The van der Waals surface area contributed by atoms with E-state index in [0.29, 0.717) is 19.0 Å². The highest BCUT2D eigenvalue weighted by Gasteiger charge is 2.28. The summed E-state index contributed by atoms with van der Waals surface area (Å²) in [4.78, 5) is 14.6. The molecule has 6 nitrogen and oxygen atoms in total. The van der Waals surface area contributed by atoms with Gasteiger partial charge in [0.2, 0.25) is 5.91 Å². The van der Waals surface area contributed by atoms with Crippen LogP contribution in [0.1, 0.15) is 37.8 Å². The van der Waals surface area contributed by atoms with Crippen molar-refractivity contribution in [3.8, 4) is 0 Å². The predicted octanol–water partition coefficient (Wildman–Crippen LogP) is 1.95. The van der Waals surface area contributed by atoms with Crippen LogP contribution >= 0.6 is 0 Å². The summed E-state index contributed by atoms with van der Waals surface area (Å²) in [6.07, 6.45) is 3.85. The number of carbonyl (C=O) groups excluding carboxylic acids is 1. The zero-order valence-electron chi connectivity index (χ0n) is 13.0. The summed E-state index contributed by atoms with van der Waals surface area (Å²) in [7, 11) is 0. The van der Waals surface area contributed by atoms with Crippen LogP contribution in [0.2, 0.25) is 0 Å². The molecule has 0 aromatic carbocycles. The van der Waals surface area contributed by atoms with Crippen LogP contribution in [0.4, 0.5) is 0 Å². The smallest absolute Gasteiger partial charge is 0.222 e. The van der Waals surface area contributed by atoms with Gasteiger partial charge in [-0.05, 0) is 32.0 Å². The Bertz CT molecular complexity index is 618. The minimum absolute atomic E-state index is 0.0217. The first-order valence-corrected chi connectivity index (χ1v) is 7.69. The van der Waals surface area contributed by atoms with Crippen LogP contribution in [0.5, 0.6) is 0 Å². The molecule has 0 radical (unpaired) electrons. The van der Waals surface area contributed by atoms with Gasteiger partial charge in [0.15, 0.2) is 0 Å². The summed E-state index contributed by atoms with van der Waals surface area (Å²) >= 11 is 0. The molecule has 3 rings (SSSR count). The molecule has 2 aromatic rings. The molecule has 1 aliphatic rings. The van der Waals surface area contributed by atoms with Gasteiger partial charge in [-0.1, -0.05) is 0 Å². The van der Waals surface area contributed by atoms with Gasteiger partial charge in [-0.25, -0.2) is 0 Å². The van der Waals surface area contributed by atoms with Gasteiger partial charge in [-0.15, -0.1) is 0 Å². The zero-order valence-corrected chi connectivity index (χ0v) is 13.0. The van der Waals surface area contributed by atoms with Crippen LogP contribution in [0.3, 0.4) is 0 Å². The van der Waals surface area contributed by atoms with E-state index in [0.717, 1.165) is 18.8 Å². The number of fused-ring (bicyclic) bond motifs is 1. The van der Waals surface area contributed by atoms with Crippen LogP contribution in [-0.2, 0) is 17.9 Å². The molecule has 0 saturated heterocycles. The van der Waals surface area contributed by atoms with Gasteiger partial charge < -0.3 is 9.73 Å². The van der Waals surface area contributed by atoms with E-state index in [1.54, 1.807) is 6.26 Å². The molecule has 0 fully saturated rings. The third-order valence-corrected chi connectivity index (χ3v) is 4.10. The summed E-state index contributed by atoms with van der Waals surface area (Å²) in [5.74, 6) is 0.786. The second kappa shape index (κ2) is 6.36. The Morgan fingerprint density at radius 2 is 2.36 bits per heavy atom. The van der Waals surface area contributed by atoms with Gasteiger partial charge in [-0.2, -0.15) is 5.10 Å². The van der Waals surface area contributed by atoms with E-state index in [4.69, 9.17) is 4.42 Å². The Labute approximate surface area is 130 Å². The highest BCUT2D eigenvalue weighted by Crippen LogP contribution is 2.24. The maximum atomic E-state index is 12.2. The van der Waals surface area contributed by atoms with E-state index in [2.05, 4.69) is 29.2 Å². The van der Waals surface area contributed by atoms with Gasteiger partial charge in [0.25, 0.3) is 0 Å². The van der Waals surface area contributed by atoms with E-state index in [1.807, 2.05) is 29.1 Å². The average molecular weight is 302 g/mol. The molecule has 2 aromatic heterocycles. The molecule has 3 heterocycles. The second-order valence-corrected chi connectivity index (χ2v) is 6.00. The third-order valence-electron chi connectivity index (χ3n) is 4.10. The molecular formula is C16H22N4O2. The van der Waals surface area contributed by atoms with Crippen molar-refractivity contribution in [2.75, 3.05) is 6.54 Å². The van der Waals surface area contributed by atoms with Crippen molar-refractivity contribution >= 4 is 5.91 Å². The van der Waals surface area contributed by atoms with Crippen molar-refractivity contribution < 1.29 is 9.21 Å². The average Bonchev–Trinajstić information content (AvgIpc) is 3.16. The molecule has 6 heteroatoms. The molecule has 1 atom stereocenters. The lowest BCUT2D eigenvalue weighted by Crippen LogP contribution is -2.42. The van der Waals surface area contributed by atoms with E-state index in [-0.39, 0.29) is 11.9 Å². The van der Waals surface area contributed by atoms with Crippen molar-refractivity contribution in [1.82, 2.24) is 20.0 Å². The Morgan fingerprint density at radius 1 is 1.50 bits per heavy atom. The number of hydrogen-bond donors (Lipinski definition) is 1. The largest absolute Gasteiger partial charge is 0.467 e. The third kappa shape index (κ3) is 3.22. The van der Waals surface area contributed by atoms with E-state index < -0.39 is 0 Å². The number of rotatable bonds is 5. The molecule has 1 aliphatic heterocycles. The molecule has 0 spiro atoms. The molecule has 0 aliphatic carbocycles. The zero-order chi connectivity index (χ0) is 15.5. The molecule has 22 heavy (non-hydrogen) atoms. The van der Waals surface area contributed by atoms with Crippen molar-refractivity contribution in [2.24, 2.45) is 0 Å². The molecule has 1 amide bonds. The van der Waals surface area contributed by atoms with Gasteiger partial charge in [-0.3, -0.25) is 14.4 Å². The minimum atomic E-state index is 0.0217. The van der Waals surface area contributed by atoms with Crippen molar-refractivity contribution in [1.29, 1.82) is 0 Å². The fourth-order valence-electron chi connectivity index (χ4n) is 2.85. The second-order valence-electron chi connectivity index (χ2n) is 6.00. The first-order chi connectivity index (χ1) is 10.6.